The fourth-order valence-electron chi connectivity index (χ4n) is 4.72. The number of Topliss-reactive ketones (excluding diaryl/α,β-unsaturated/α-hetero) is 1. The fourth-order valence-corrected chi connectivity index (χ4v) is 4.99. The summed E-state index contributed by atoms with van der Waals surface area (Å²) in [5, 5.41) is 11.3. The first-order chi connectivity index (χ1) is 16.4. The molecule has 1 saturated heterocycles. The molecule has 6 heteroatoms. The molecule has 2 atom stereocenters. The molecule has 1 fully saturated rings. The Labute approximate surface area is 206 Å². The Kier molecular flexibility index (Phi) is 6.00. The lowest BCUT2D eigenvalue weighted by molar-refractivity contribution is -0.139. The van der Waals surface area contributed by atoms with Crippen LogP contribution in [0.1, 0.15) is 35.2 Å². The number of ketones is 1. The third-order valence-corrected chi connectivity index (χ3v) is 6.91. The van der Waals surface area contributed by atoms with Gasteiger partial charge >= 0.3 is 0 Å². The van der Waals surface area contributed by atoms with Crippen molar-refractivity contribution in [2.24, 2.45) is 0 Å². The summed E-state index contributed by atoms with van der Waals surface area (Å²) in [5.41, 5.74) is 3.46. The maximum atomic E-state index is 13.2. The van der Waals surface area contributed by atoms with Crippen LogP contribution in [-0.4, -0.2) is 34.3 Å². The molecule has 34 heavy (non-hydrogen) atoms. The van der Waals surface area contributed by atoms with Gasteiger partial charge in [-0.2, -0.15) is 0 Å². The number of benzene rings is 3. The van der Waals surface area contributed by atoms with Gasteiger partial charge in [0.2, 0.25) is 0 Å². The molecule has 0 unspecified atom stereocenters. The van der Waals surface area contributed by atoms with Crippen LogP contribution in [0.25, 0.3) is 5.76 Å². The monoisotopic (exact) mass is 517 g/mol. The standard InChI is InChI=1S/C28H24BrNO4/c1-17-15-21-16-20(9-12-23(21)34-17)26(31)24-25(19-7-10-22(29)11-8-19)30(28(33)27(24)32)14-13-18-5-3-2-4-6-18/h2-12,16-17,25,31H,13-15H2,1H3/b26-24+/t17-,25-/m0/s1. The first-order valence-corrected chi connectivity index (χ1v) is 12.1. The van der Waals surface area contributed by atoms with Crippen LogP contribution in [0.2, 0.25) is 0 Å². The van der Waals surface area contributed by atoms with E-state index in [1.807, 2.05) is 73.7 Å². The van der Waals surface area contributed by atoms with E-state index in [1.165, 1.54) is 0 Å². The SMILES string of the molecule is C[C@H]1Cc2cc(/C(O)=C3\C(=O)C(=O)N(CCc4ccccc4)[C@H]3c3ccc(Br)cc3)ccc2O1. The number of carbonyl (C=O) groups is 2. The van der Waals surface area contributed by atoms with Crippen molar-refractivity contribution in [3.63, 3.8) is 0 Å². The van der Waals surface area contributed by atoms with E-state index < -0.39 is 17.7 Å². The van der Waals surface area contributed by atoms with E-state index in [9.17, 15) is 14.7 Å². The van der Waals surface area contributed by atoms with Gasteiger partial charge in [-0.3, -0.25) is 9.59 Å². The van der Waals surface area contributed by atoms with E-state index in [2.05, 4.69) is 15.9 Å². The summed E-state index contributed by atoms with van der Waals surface area (Å²) in [6.07, 6.45) is 1.41. The van der Waals surface area contributed by atoms with Crippen molar-refractivity contribution in [2.45, 2.75) is 31.9 Å². The highest BCUT2D eigenvalue weighted by Gasteiger charge is 2.45. The Balaban J connectivity index is 1.57. The van der Waals surface area contributed by atoms with E-state index in [1.54, 1.807) is 11.0 Å². The van der Waals surface area contributed by atoms with Crippen LogP contribution in [0.4, 0.5) is 0 Å². The Morgan fingerprint density at radius 1 is 1.06 bits per heavy atom. The van der Waals surface area contributed by atoms with E-state index >= 15 is 0 Å². The molecule has 172 valence electrons. The number of hydrogen-bond acceptors (Lipinski definition) is 4. The van der Waals surface area contributed by atoms with Gasteiger partial charge in [0.05, 0.1) is 11.6 Å². The second-order valence-electron chi connectivity index (χ2n) is 8.73. The molecule has 0 spiro atoms. The molecule has 0 radical (unpaired) electrons. The third-order valence-electron chi connectivity index (χ3n) is 6.38. The molecule has 5 rings (SSSR count). The van der Waals surface area contributed by atoms with Crippen LogP contribution in [0.3, 0.4) is 0 Å². The summed E-state index contributed by atoms with van der Waals surface area (Å²) in [7, 11) is 0. The normalized spacial score (nSPS) is 20.9. The van der Waals surface area contributed by atoms with Crippen molar-refractivity contribution in [3.05, 3.63) is 105 Å². The largest absolute Gasteiger partial charge is 0.507 e. The van der Waals surface area contributed by atoms with Crippen LogP contribution in [0, 0.1) is 0 Å². The van der Waals surface area contributed by atoms with Gasteiger partial charge in [0.1, 0.15) is 17.6 Å². The molecule has 1 amide bonds. The number of hydrogen-bond donors (Lipinski definition) is 1. The summed E-state index contributed by atoms with van der Waals surface area (Å²) in [5.74, 6) is -0.625. The molecular formula is C28H24BrNO4. The van der Waals surface area contributed by atoms with Gasteiger partial charge in [-0.1, -0.05) is 58.4 Å². The number of nitrogens with zero attached hydrogens (tertiary/aromatic N) is 1. The lowest BCUT2D eigenvalue weighted by atomic mass is 9.94. The van der Waals surface area contributed by atoms with E-state index in [0.717, 1.165) is 33.3 Å². The predicted molar refractivity (Wildman–Crippen MR) is 134 cm³/mol. The molecule has 3 aromatic rings. The van der Waals surface area contributed by atoms with Gasteiger partial charge in [-0.25, -0.2) is 0 Å². The van der Waals surface area contributed by atoms with Crippen molar-refractivity contribution in [3.8, 4) is 5.75 Å². The summed E-state index contributed by atoms with van der Waals surface area (Å²) >= 11 is 3.45. The zero-order valence-electron chi connectivity index (χ0n) is 18.7. The Morgan fingerprint density at radius 2 is 1.79 bits per heavy atom. The molecule has 5 nitrogen and oxygen atoms in total. The van der Waals surface area contributed by atoms with Crippen molar-refractivity contribution in [1.29, 1.82) is 0 Å². The maximum absolute atomic E-state index is 13.2. The number of fused-ring (bicyclic) bond motifs is 1. The molecule has 2 heterocycles. The number of likely N-dealkylation sites (tertiary alicyclic amines) is 1. The van der Waals surface area contributed by atoms with E-state index in [-0.39, 0.29) is 17.4 Å². The molecule has 1 N–H and O–H groups in total. The Bertz CT molecular complexity index is 1280. The number of aliphatic hydroxyl groups is 1. The highest BCUT2D eigenvalue weighted by molar-refractivity contribution is 9.10. The molecule has 0 bridgehead atoms. The first kappa shape index (κ1) is 22.4. The molecule has 0 saturated carbocycles. The van der Waals surface area contributed by atoms with Gasteiger partial charge in [-0.15, -0.1) is 0 Å². The summed E-state index contributed by atoms with van der Waals surface area (Å²) in [4.78, 5) is 28.0. The molecule has 2 aliphatic heterocycles. The minimum atomic E-state index is -0.666. The van der Waals surface area contributed by atoms with E-state index in [0.29, 0.717) is 18.5 Å². The number of halogens is 1. The second kappa shape index (κ2) is 9.11. The minimum Gasteiger partial charge on any atom is -0.507 e. The van der Waals surface area contributed by atoms with Crippen molar-refractivity contribution >= 4 is 33.4 Å². The number of carbonyl (C=O) groups excluding carboxylic acids is 2. The van der Waals surface area contributed by atoms with Crippen LogP contribution in [0.5, 0.6) is 5.75 Å². The smallest absolute Gasteiger partial charge is 0.295 e. The van der Waals surface area contributed by atoms with Crippen LogP contribution >= 0.6 is 15.9 Å². The average molecular weight is 518 g/mol. The quantitative estimate of drug-likeness (QED) is 0.278. The number of amides is 1. The lowest BCUT2D eigenvalue weighted by Crippen LogP contribution is -2.31. The van der Waals surface area contributed by atoms with Crippen LogP contribution < -0.4 is 4.74 Å². The van der Waals surface area contributed by atoms with Crippen molar-refractivity contribution in [2.75, 3.05) is 6.54 Å². The third kappa shape index (κ3) is 4.14. The van der Waals surface area contributed by atoms with Gasteiger partial charge in [0, 0.05) is 23.0 Å². The lowest BCUT2D eigenvalue weighted by Gasteiger charge is -2.25. The van der Waals surface area contributed by atoms with Gasteiger partial charge in [0.25, 0.3) is 11.7 Å². The second-order valence-corrected chi connectivity index (χ2v) is 9.65. The van der Waals surface area contributed by atoms with Gasteiger partial charge < -0.3 is 14.7 Å². The highest BCUT2D eigenvalue weighted by Crippen LogP contribution is 2.41. The Morgan fingerprint density at radius 3 is 2.53 bits per heavy atom. The molecule has 2 aliphatic rings. The number of ether oxygens (including phenoxy) is 1. The van der Waals surface area contributed by atoms with Gasteiger partial charge in [-0.05, 0) is 60.4 Å². The number of aliphatic hydroxyl groups excluding tert-OH is 1. The van der Waals surface area contributed by atoms with Crippen LogP contribution in [-0.2, 0) is 22.4 Å². The highest BCUT2D eigenvalue weighted by atomic mass is 79.9. The van der Waals surface area contributed by atoms with Crippen LogP contribution in [0.15, 0.2) is 82.8 Å². The van der Waals surface area contributed by atoms with Crippen molar-refractivity contribution < 1.29 is 19.4 Å². The summed E-state index contributed by atoms with van der Waals surface area (Å²) < 4.78 is 6.66. The molecule has 0 aromatic heterocycles. The van der Waals surface area contributed by atoms with Crippen molar-refractivity contribution in [1.82, 2.24) is 4.90 Å². The van der Waals surface area contributed by atoms with E-state index in [4.69, 9.17) is 4.74 Å². The molecule has 0 aliphatic carbocycles. The average Bonchev–Trinajstić information content (AvgIpc) is 3.34. The first-order valence-electron chi connectivity index (χ1n) is 11.3. The summed E-state index contributed by atoms with van der Waals surface area (Å²) in [6, 6.07) is 22.1. The summed E-state index contributed by atoms with van der Waals surface area (Å²) in [6.45, 7) is 2.35. The Hall–Kier alpha value is -3.38. The molecular weight excluding hydrogens is 494 g/mol. The topological polar surface area (TPSA) is 66.8 Å². The zero-order valence-corrected chi connectivity index (χ0v) is 20.3. The zero-order chi connectivity index (χ0) is 23.8. The minimum absolute atomic E-state index is 0.0683. The van der Waals surface area contributed by atoms with Gasteiger partial charge in [0.15, 0.2) is 0 Å². The number of rotatable bonds is 5. The maximum Gasteiger partial charge on any atom is 0.295 e. The molecule has 3 aromatic carbocycles. The fraction of sp³-hybridized carbons (Fsp3) is 0.214. The predicted octanol–water partition coefficient (Wildman–Crippen LogP) is 5.44.